The second-order valence-corrected chi connectivity index (χ2v) is 9.68. The Morgan fingerprint density at radius 1 is 0.969 bits per heavy atom. The number of cyclic esters (lactones) is 1. The fourth-order valence-corrected chi connectivity index (χ4v) is 6.37. The van der Waals surface area contributed by atoms with E-state index in [1.807, 2.05) is 26.1 Å². The molecule has 0 amide bonds. The van der Waals surface area contributed by atoms with E-state index >= 15 is 0 Å². The molecular formula is C29H37NO2. The monoisotopic (exact) mass is 431 g/mol. The van der Waals surface area contributed by atoms with E-state index in [0.717, 1.165) is 23.6 Å². The molecule has 2 heterocycles. The Labute approximate surface area is 193 Å². The Morgan fingerprint density at radius 3 is 2.47 bits per heavy atom. The van der Waals surface area contributed by atoms with Crippen LogP contribution >= 0.6 is 0 Å². The highest BCUT2D eigenvalue weighted by atomic mass is 16.6. The maximum Gasteiger partial charge on any atom is 0.309 e. The molecule has 2 aliphatic carbocycles. The highest BCUT2D eigenvalue weighted by Gasteiger charge is 2.54. The van der Waals surface area contributed by atoms with E-state index in [4.69, 9.17) is 9.72 Å². The van der Waals surface area contributed by atoms with Gasteiger partial charge in [-0.3, -0.25) is 9.78 Å². The van der Waals surface area contributed by atoms with E-state index < -0.39 is 0 Å². The van der Waals surface area contributed by atoms with Crippen LogP contribution in [0.5, 0.6) is 0 Å². The molecule has 3 heteroatoms. The van der Waals surface area contributed by atoms with Gasteiger partial charge in [0, 0.05) is 17.7 Å². The average molecular weight is 432 g/mol. The molecule has 2 aromatic rings. The average Bonchev–Trinajstić information content (AvgIpc) is 3.11. The third-order valence-corrected chi connectivity index (χ3v) is 7.79. The first kappa shape index (κ1) is 22.8. The summed E-state index contributed by atoms with van der Waals surface area (Å²) in [6.07, 6.45) is 11.3. The van der Waals surface area contributed by atoms with Gasteiger partial charge in [-0.2, -0.15) is 0 Å². The maximum absolute atomic E-state index is 12.5. The van der Waals surface area contributed by atoms with Gasteiger partial charge < -0.3 is 4.74 Å². The molecule has 1 aromatic heterocycles. The van der Waals surface area contributed by atoms with Crippen LogP contribution in [0.1, 0.15) is 59.1 Å². The molecule has 3 fully saturated rings. The Balaban J connectivity index is 0.00000119. The molecule has 1 aromatic carbocycles. The number of ether oxygens (including phenoxy) is 1. The lowest BCUT2D eigenvalue weighted by Gasteiger charge is -2.47. The SMILES string of the molecule is CC.C[C@@H]1CC[C@@H]2[C@@H](C1)C[C@H]1C(=O)O[C@H](C)[C@H]1[C@H]2/C=C/c1ccc(-c2ccccc2)cn1. The van der Waals surface area contributed by atoms with Crippen LogP contribution in [0.3, 0.4) is 0 Å². The van der Waals surface area contributed by atoms with Crippen molar-refractivity contribution in [3.8, 4) is 11.1 Å². The molecule has 3 nitrogen and oxygen atoms in total. The predicted molar refractivity (Wildman–Crippen MR) is 131 cm³/mol. The number of esters is 1. The van der Waals surface area contributed by atoms with Crippen molar-refractivity contribution in [2.24, 2.45) is 35.5 Å². The second-order valence-electron chi connectivity index (χ2n) is 9.68. The Bertz CT molecular complexity index is 920. The molecule has 170 valence electrons. The van der Waals surface area contributed by atoms with Crippen molar-refractivity contribution in [1.29, 1.82) is 0 Å². The predicted octanol–water partition coefficient (Wildman–Crippen LogP) is 7.04. The molecule has 0 radical (unpaired) electrons. The number of hydrogen-bond donors (Lipinski definition) is 0. The summed E-state index contributed by atoms with van der Waals surface area (Å²) < 4.78 is 5.70. The number of benzene rings is 1. The Hall–Kier alpha value is -2.42. The minimum absolute atomic E-state index is 0.0193. The molecule has 1 aliphatic heterocycles. The smallest absolute Gasteiger partial charge is 0.309 e. The molecular weight excluding hydrogens is 394 g/mol. The van der Waals surface area contributed by atoms with Gasteiger partial charge in [0.2, 0.25) is 0 Å². The van der Waals surface area contributed by atoms with Crippen LogP contribution in [0.4, 0.5) is 0 Å². The number of carbonyl (C=O) groups is 1. The van der Waals surface area contributed by atoms with Gasteiger partial charge in [-0.1, -0.05) is 69.7 Å². The van der Waals surface area contributed by atoms with Crippen LogP contribution in [-0.2, 0) is 9.53 Å². The van der Waals surface area contributed by atoms with Crippen molar-refractivity contribution in [1.82, 2.24) is 4.98 Å². The summed E-state index contributed by atoms with van der Waals surface area (Å²) >= 11 is 0. The maximum atomic E-state index is 12.5. The van der Waals surface area contributed by atoms with Crippen molar-refractivity contribution in [2.45, 2.75) is 59.5 Å². The molecule has 3 aliphatic rings. The zero-order valence-electron chi connectivity index (χ0n) is 19.9. The number of aromatic nitrogens is 1. The minimum Gasteiger partial charge on any atom is -0.462 e. The summed E-state index contributed by atoms with van der Waals surface area (Å²) in [5.41, 5.74) is 3.30. The molecule has 0 N–H and O–H groups in total. The van der Waals surface area contributed by atoms with Crippen molar-refractivity contribution in [2.75, 3.05) is 0 Å². The van der Waals surface area contributed by atoms with E-state index in [0.29, 0.717) is 23.7 Å². The summed E-state index contributed by atoms with van der Waals surface area (Å²) in [6, 6.07) is 14.6. The van der Waals surface area contributed by atoms with E-state index in [1.54, 1.807) is 0 Å². The summed E-state index contributed by atoms with van der Waals surface area (Å²) in [6.45, 7) is 8.45. The standard InChI is InChI=1S/C27H31NO2.C2H6/c1-17-8-12-23-21(14-17)15-25-26(18(2)30-27(25)29)24(23)13-11-22-10-9-20(16-28-22)19-6-4-3-5-7-19;1-2/h3-7,9-11,13,16-18,21,23-26H,8,12,14-15H2,1-2H3;1-2H3/b13-11+;/t17-,18-,21+,23-,24+,25-,26+;/m1./s1. The molecule has 5 rings (SSSR count). The number of nitrogens with zero attached hydrogens (tertiary/aromatic N) is 1. The quantitative estimate of drug-likeness (QED) is 0.489. The zero-order valence-corrected chi connectivity index (χ0v) is 19.9. The van der Waals surface area contributed by atoms with Gasteiger partial charge in [-0.25, -0.2) is 0 Å². The number of carbonyl (C=O) groups excluding carboxylic acids is 1. The molecule has 2 saturated carbocycles. The van der Waals surface area contributed by atoms with Crippen molar-refractivity contribution >= 4 is 12.0 Å². The van der Waals surface area contributed by atoms with Gasteiger partial charge in [-0.05, 0) is 67.6 Å². The Kier molecular flexibility index (Phi) is 7.13. The van der Waals surface area contributed by atoms with Gasteiger partial charge in [0.05, 0.1) is 11.6 Å². The fourth-order valence-electron chi connectivity index (χ4n) is 6.37. The normalized spacial score (nSPS) is 33.6. The summed E-state index contributed by atoms with van der Waals surface area (Å²) in [4.78, 5) is 17.2. The van der Waals surface area contributed by atoms with Crippen LogP contribution < -0.4 is 0 Å². The lowest BCUT2D eigenvalue weighted by atomic mass is 9.56. The van der Waals surface area contributed by atoms with Crippen molar-refractivity contribution in [3.63, 3.8) is 0 Å². The third-order valence-electron chi connectivity index (χ3n) is 7.79. The van der Waals surface area contributed by atoms with Gasteiger partial charge >= 0.3 is 5.97 Å². The van der Waals surface area contributed by atoms with Gasteiger partial charge in [0.15, 0.2) is 0 Å². The van der Waals surface area contributed by atoms with E-state index in [1.165, 1.54) is 24.8 Å². The van der Waals surface area contributed by atoms with E-state index in [-0.39, 0.29) is 18.0 Å². The molecule has 7 atom stereocenters. The second kappa shape index (κ2) is 10.0. The molecule has 0 spiro atoms. The highest BCUT2D eigenvalue weighted by Crippen LogP contribution is 2.54. The third kappa shape index (κ3) is 4.53. The molecule has 1 saturated heterocycles. The van der Waals surface area contributed by atoms with Crippen molar-refractivity contribution in [3.05, 3.63) is 60.4 Å². The first-order chi connectivity index (χ1) is 15.6. The van der Waals surface area contributed by atoms with Crippen LogP contribution in [-0.4, -0.2) is 17.1 Å². The summed E-state index contributed by atoms with van der Waals surface area (Å²) in [5.74, 6) is 2.91. The molecule has 0 unspecified atom stereocenters. The van der Waals surface area contributed by atoms with E-state index in [2.05, 4.69) is 62.4 Å². The van der Waals surface area contributed by atoms with Crippen molar-refractivity contribution < 1.29 is 9.53 Å². The summed E-state index contributed by atoms with van der Waals surface area (Å²) in [7, 11) is 0. The zero-order chi connectivity index (χ0) is 22.7. The van der Waals surface area contributed by atoms with Crippen LogP contribution in [0.15, 0.2) is 54.7 Å². The number of fused-ring (bicyclic) bond motifs is 2. The van der Waals surface area contributed by atoms with Crippen LogP contribution in [0.2, 0.25) is 0 Å². The minimum atomic E-state index is 0.0193. The number of hydrogen-bond acceptors (Lipinski definition) is 3. The van der Waals surface area contributed by atoms with Gasteiger partial charge in [0.25, 0.3) is 0 Å². The highest BCUT2D eigenvalue weighted by molar-refractivity contribution is 5.75. The lowest BCUT2D eigenvalue weighted by molar-refractivity contribution is -0.144. The number of rotatable bonds is 3. The van der Waals surface area contributed by atoms with Gasteiger partial charge in [-0.15, -0.1) is 0 Å². The number of allylic oxidation sites excluding steroid dienone is 1. The fraction of sp³-hybridized carbons (Fsp3) is 0.517. The first-order valence-corrected chi connectivity index (χ1v) is 12.5. The van der Waals surface area contributed by atoms with Crippen LogP contribution in [0.25, 0.3) is 17.2 Å². The molecule has 32 heavy (non-hydrogen) atoms. The van der Waals surface area contributed by atoms with E-state index in [9.17, 15) is 4.79 Å². The Morgan fingerprint density at radius 2 is 1.75 bits per heavy atom. The first-order valence-electron chi connectivity index (χ1n) is 12.5. The summed E-state index contributed by atoms with van der Waals surface area (Å²) in [5, 5.41) is 0. The largest absolute Gasteiger partial charge is 0.462 e. The number of pyridine rings is 1. The topological polar surface area (TPSA) is 39.2 Å². The lowest BCUT2D eigenvalue weighted by Crippen LogP contribution is -2.43. The van der Waals surface area contributed by atoms with Crippen LogP contribution in [0, 0.1) is 35.5 Å². The van der Waals surface area contributed by atoms with Gasteiger partial charge in [0.1, 0.15) is 6.10 Å². The molecule has 0 bridgehead atoms.